The highest BCUT2D eigenvalue weighted by atomic mass is 16.7. The summed E-state index contributed by atoms with van der Waals surface area (Å²) >= 11 is 0. The van der Waals surface area contributed by atoms with Crippen LogP contribution >= 0.6 is 0 Å². The number of hydrogen-bond acceptors (Lipinski definition) is 3. The van der Waals surface area contributed by atoms with E-state index in [1.54, 1.807) is 7.11 Å². The largest absolute Gasteiger partial charge is 0.359 e. The highest BCUT2D eigenvalue weighted by Gasteiger charge is 2.21. The molecule has 0 aliphatic carbocycles. The van der Waals surface area contributed by atoms with Crippen LogP contribution in [0.4, 0.5) is 0 Å². The van der Waals surface area contributed by atoms with E-state index in [4.69, 9.17) is 9.47 Å². The molecule has 1 aliphatic rings. The summed E-state index contributed by atoms with van der Waals surface area (Å²) in [7, 11) is 3.79. The molecule has 0 saturated heterocycles. The van der Waals surface area contributed by atoms with E-state index < -0.39 is 0 Å². The minimum atomic E-state index is 0.128. The Bertz CT molecular complexity index is 340. The summed E-state index contributed by atoms with van der Waals surface area (Å²) in [6.45, 7) is 2.37. The molecule has 88 valence electrons. The van der Waals surface area contributed by atoms with Crippen molar-refractivity contribution in [3.63, 3.8) is 0 Å². The first-order valence-corrected chi connectivity index (χ1v) is 5.68. The predicted molar refractivity (Wildman–Crippen MR) is 63.3 cm³/mol. The maximum Gasteiger partial charge on any atom is 0.147 e. The number of hydrogen-bond donors (Lipinski definition) is 0. The molecular weight excluding hydrogens is 202 g/mol. The van der Waals surface area contributed by atoms with Crippen LogP contribution in [-0.4, -0.2) is 38.9 Å². The lowest BCUT2D eigenvalue weighted by Crippen LogP contribution is -2.25. The fourth-order valence-electron chi connectivity index (χ4n) is 2.15. The van der Waals surface area contributed by atoms with Gasteiger partial charge in [0.2, 0.25) is 0 Å². The molecule has 0 fully saturated rings. The van der Waals surface area contributed by atoms with Gasteiger partial charge in [0.05, 0.1) is 6.10 Å². The molecule has 1 aliphatic heterocycles. The number of benzene rings is 1. The van der Waals surface area contributed by atoms with Crippen molar-refractivity contribution < 1.29 is 9.47 Å². The summed E-state index contributed by atoms with van der Waals surface area (Å²) in [5.41, 5.74) is 2.71. The molecule has 1 heterocycles. The van der Waals surface area contributed by atoms with Gasteiger partial charge in [-0.3, -0.25) is 0 Å². The van der Waals surface area contributed by atoms with Crippen molar-refractivity contribution in [2.24, 2.45) is 0 Å². The lowest BCUT2D eigenvalue weighted by Gasteiger charge is -2.21. The maximum atomic E-state index is 5.75. The average Bonchev–Trinajstić information content (AvgIpc) is 2.47. The second-order valence-corrected chi connectivity index (χ2v) is 4.27. The first kappa shape index (κ1) is 11.6. The van der Waals surface area contributed by atoms with E-state index in [-0.39, 0.29) is 6.10 Å². The van der Waals surface area contributed by atoms with Crippen molar-refractivity contribution >= 4 is 0 Å². The molecule has 0 spiro atoms. The zero-order valence-corrected chi connectivity index (χ0v) is 9.98. The normalized spacial score (nSPS) is 21.5. The van der Waals surface area contributed by atoms with Crippen LogP contribution in [0, 0.1) is 0 Å². The summed E-state index contributed by atoms with van der Waals surface area (Å²) in [5.74, 6) is 0. The van der Waals surface area contributed by atoms with Gasteiger partial charge in [-0.15, -0.1) is 0 Å². The van der Waals surface area contributed by atoms with Crippen LogP contribution in [0.25, 0.3) is 0 Å². The molecule has 3 heteroatoms. The summed E-state index contributed by atoms with van der Waals surface area (Å²) in [6.07, 6.45) is 1.23. The Kier molecular flexibility index (Phi) is 3.93. The molecular formula is C13H19NO2. The lowest BCUT2D eigenvalue weighted by molar-refractivity contribution is -0.0794. The minimum Gasteiger partial charge on any atom is -0.359 e. The van der Waals surface area contributed by atoms with Crippen molar-refractivity contribution in [2.45, 2.75) is 12.5 Å². The SMILES string of the molecule is COCOC1CN(C)CCc2ccccc21. The Balaban J connectivity index is 2.20. The number of nitrogens with zero attached hydrogens (tertiary/aromatic N) is 1. The van der Waals surface area contributed by atoms with Gasteiger partial charge in [0.15, 0.2) is 0 Å². The molecule has 0 saturated carbocycles. The van der Waals surface area contributed by atoms with Crippen LogP contribution in [0.5, 0.6) is 0 Å². The van der Waals surface area contributed by atoms with E-state index in [1.807, 2.05) is 0 Å². The van der Waals surface area contributed by atoms with Gasteiger partial charge in [-0.1, -0.05) is 24.3 Å². The van der Waals surface area contributed by atoms with Crippen molar-refractivity contribution in [3.05, 3.63) is 35.4 Å². The third-order valence-corrected chi connectivity index (χ3v) is 3.03. The fraction of sp³-hybridized carbons (Fsp3) is 0.538. The Morgan fingerprint density at radius 1 is 1.38 bits per heavy atom. The van der Waals surface area contributed by atoms with Gasteiger partial charge in [-0.2, -0.15) is 0 Å². The number of methoxy groups -OCH3 is 1. The van der Waals surface area contributed by atoms with E-state index in [0.29, 0.717) is 6.79 Å². The van der Waals surface area contributed by atoms with Crippen molar-refractivity contribution in [1.29, 1.82) is 0 Å². The third-order valence-electron chi connectivity index (χ3n) is 3.03. The van der Waals surface area contributed by atoms with Gasteiger partial charge in [0.25, 0.3) is 0 Å². The monoisotopic (exact) mass is 221 g/mol. The van der Waals surface area contributed by atoms with E-state index in [9.17, 15) is 0 Å². The van der Waals surface area contributed by atoms with Gasteiger partial charge < -0.3 is 14.4 Å². The van der Waals surface area contributed by atoms with Crippen LogP contribution in [0.15, 0.2) is 24.3 Å². The molecule has 16 heavy (non-hydrogen) atoms. The van der Waals surface area contributed by atoms with Crippen LogP contribution in [0.3, 0.4) is 0 Å². The molecule has 0 amide bonds. The molecule has 3 nitrogen and oxygen atoms in total. The highest BCUT2D eigenvalue weighted by molar-refractivity contribution is 5.30. The smallest absolute Gasteiger partial charge is 0.147 e. The Morgan fingerprint density at radius 3 is 3.00 bits per heavy atom. The summed E-state index contributed by atoms with van der Waals surface area (Å²) in [5, 5.41) is 0. The molecule has 1 unspecified atom stereocenters. The Morgan fingerprint density at radius 2 is 2.19 bits per heavy atom. The quantitative estimate of drug-likeness (QED) is 0.727. The van der Waals surface area contributed by atoms with Crippen LogP contribution < -0.4 is 0 Å². The highest BCUT2D eigenvalue weighted by Crippen LogP contribution is 2.25. The third kappa shape index (κ3) is 2.61. The Hall–Kier alpha value is -0.900. The summed E-state index contributed by atoms with van der Waals surface area (Å²) in [6, 6.07) is 8.53. The van der Waals surface area contributed by atoms with Gasteiger partial charge in [0.1, 0.15) is 6.79 Å². The lowest BCUT2D eigenvalue weighted by atomic mass is 10.0. The minimum absolute atomic E-state index is 0.128. The zero-order valence-electron chi connectivity index (χ0n) is 9.98. The molecule has 0 N–H and O–H groups in total. The molecule has 1 aromatic carbocycles. The van der Waals surface area contributed by atoms with Gasteiger partial charge in [-0.25, -0.2) is 0 Å². The fourth-order valence-corrected chi connectivity index (χ4v) is 2.15. The molecule has 0 aromatic heterocycles. The Labute approximate surface area is 97.0 Å². The predicted octanol–water partition coefficient (Wildman–Crippen LogP) is 1.84. The number of rotatable bonds is 3. The average molecular weight is 221 g/mol. The van der Waals surface area contributed by atoms with Gasteiger partial charge in [0, 0.05) is 20.2 Å². The van der Waals surface area contributed by atoms with E-state index >= 15 is 0 Å². The second kappa shape index (κ2) is 5.43. The van der Waals surface area contributed by atoms with Crippen LogP contribution in [0.2, 0.25) is 0 Å². The number of ether oxygens (including phenoxy) is 2. The van der Waals surface area contributed by atoms with Crippen molar-refractivity contribution in [2.75, 3.05) is 34.0 Å². The summed E-state index contributed by atoms with van der Waals surface area (Å²) in [4.78, 5) is 2.31. The van der Waals surface area contributed by atoms with Gasteiger partial charge in [-0.05, 0) is 24.6 Å². The van der Waals surface area contributed by atoms with E-state index in [1.165, 1.54) is 11.1 Å². The first-order valence-electron chi connectivity index (χ1n) is 5.68. The zero-order chi connectivity index (χ0) is 11.4. The topological polar surface area (TPSA) is 21.7 Å². The maximum absolute atomic E-state index is 5.75. The summed E-state index contributed by atoms with van der Waals surface area (Å²) < 4.78 is 10.7. The second-order valence-electron chi connectivity index (χ2n) is 4.27. The number of fused-ring (bicyclic) bond motifs is 1. The molecule has 1 aromatic rings. The first-order chi connectivity index (χ1) is 7.81. The molecule has 1 atom stereocenters. The molecule has 0 radical (unpaired) electrons. The van der Waals surface area contributed by atoms with Crippen LogP contribution in [-0.2, 0) is 15.9 Å². The number of likely N-dealkylation sites (N-methyl/N-ethyl adjacent to an activating group) is 1. The van der Waals surface area contributed by atoms with Gasteiger partial charge >= 0.3 is 0 Å². The molecule has 0 bridgehead atoms. The van der Waals surface area contributed by atoms with Crippen molar-refractivity contribution in [1.82, 2.24) is 4.90 Å². The molecule has 2 rings (SSSR count). The van der Waals surface area contributed by atoms with Crippen molar-refractivity contribution in [3.8, 4) is 0 Å². The van der Waals surface area contributed by atoms with E-state index in [2.05, 4.69) is 36.2 Å². The standard InChI is InChI=1S/C13H19NO2/c1-14-8-7-11-5-3-4-6-12(11)13(9-14)16-10-15-2/h3-6,13H,7-10H2,1-2H3. The van der Waals surface area contributed by atoms with E-state index in [0.717, 1.165) is 19.5 Å². The van der Waals surface area contributed by atoms with Crippen LogP contribution in [0.1, 0.15) is 17.2 Å².